The zero-order chi connectivity index (χ0) is 19.6. The molecule has 1 amide bonds. The first kappa shape index (κ1) is 20.1. The van der Waals surface area contributed by atoms with Gasteiger partial charge in [-0.15, -0.1) is 20.4 Å². The average molecular weight is 443 g/mol. The Kier molecular flexibility index (Phi) is 6.36. The molecule has 0 aliphatic rings. The number of aryl methyl sites for hydroxylation is 1. The molecular formula is C16H16Cl2N6OS2. The van der Waals surface area contributed by atoms with Crippen LogP contribution in [-0.2, 0) is 11.3 Å². The second kappa shape index (κ2) is 8.55. The van der Waals surface area contributed by atoms with Crippen LogP contribution in [0.2, 0.25) is 10.0 Å². The molecule has 1 aromatic carbocycles. The summed E-state index contributed by atoms with van der Waals surface area (Å²) in [6.45, 7) is 6.25. The van der Waals surface area contributed by atoms with Gasteiger partial charge in [-0.2, -0.15) is 0 Å². The number of thioether (sulfide) groups is 1. The van der Waals surface area contributed by atoms with Crippen molar-refractivity contribution in [2.45, 2.75) is 37.7 Å². The molecule has 0 fully saturated rings. The van der Waals surface area contributed by atoms with Gasteiger partial charge >= 0.3 is 0 Å². The van der Waals surface area contributed by atoms with E-state index in [4.69, 9.17) is 23.2 Å². The van der Waals surface area contributed by atoms with Crippen LogP contribution in [0.25, 0.3) is 11.4 Å². The first-order valence-electron chi connectivity index (χ1n) is 8.05. The number of aromatic nitrogens is 5. The van der Waals surface area contributed by atoms with Crippen LogP contribution < -0.4 is 5.32 Å². The summed E-state index contributed by atoms with van der Waals surface area (Å²) in [6.07, 6.45) is 0. The van der Waals surface area contributed by atoms with Crippen molar-refractivity contribution in [3.63, 3.8) is 0 Å². The third-order valence-corrected chi connectivity index (χ3v) is 6.00. The van der Waals surface area contributed by atoms with E-state index in [2.05, 4.69) is 25.7 Å². The van der Waals surface area contributed by atoms with Gasteiger partial charge in [0.25, 0.3) is 0 Å². The molecule has 0 spiro atoms. The van der Waals surface area contributed by atoms with Gasteiger partial charge in [0.1, 0.15) is 5.01 Å². The normalized spacial score (nSPS) is 12.2. The highest BCUT2D eigenvalue weighted by Gasteiger charge is 2.22. The molecule has 0 radical (unpaired) electrons. The molecule has 0 unspecified atom stereocenters. The van der Waals surface area contributed by atoms with Gasteiger partial charge in [0, 0.05) is 17.1 Å². The van der Waals surface area contributed by atoms with E-state index in [1.165, 1.54) is 23.1 Å². The first-order chi connectivity index (χ1) is 12.9. The van der Waals surface area contributed by atoms with Crippen LogP contribution in [0.15, 0.2) is 23.4 Å². The predicted octanol–water partition coefficient (Wildman–Crippen LogP) is 4.55. The Labute approximate surface area is 174 Å². The largest absolute Gasteiger partial charge is 0.302 e. The standard InChI is InChI=1S/C16H16Cl2N6OS2/c1-4-24-13(11-6-5-10(17)7-12(11)18)21-23-16(24)26-8(2)14(25)19-15-22-20-9(3)27-15/h5-8H,4H2,1-3H3,(H,19,22,25)/t8-/m1/s1. The molecule has 2 heterocycles. The molecule has 0 aliphatic heterocycles. The van der Waals surface area contributed by atoms with Gasteiger partial charge in [-0.3, -0.25) is 10.1 Å². The molecule has 1 atom stereocenters. The number of anilines is 1. The molecule has 0 bridgehead atoms. The summed E-state index contributed by atoms with van der Waals surface area (Å²) in [5.74, 6) is 0.460. The summed E-state index contributed by atoms with van der Waals surface area (Å²) < 4.78 is 1.92. The fourth-order valence-corrected chi connectivity index (χ4v) is 4.30. The molecule has 1 N–H and O–H groups in total. The number of hydrogen-bond donors (Lipinski definition) is 1. The Hall–Kier alpha value is -1.68. The van der Waals surface area contributed by atoms with Gasteiger partial charge in [0.2, 0.25) is 11.0 Å². The minimum Gasteiger partial charge on any atom is -0.302 e. The third kappa shape index (κ3) is 4.60. The Morgan fingerprint density at radius 2 is 2.07 bits per heavy atom. The van der Waals surface area contributed by atoms with E-state index >= 15 is 0 Å². The van der Waals surface area contributed by atoms with E-state index in [1.807, 2.05) is 24.5 Å². The molecule has 0 aliphatic carbocycles. The summed E-state index contributed by atoms with van der Waals surface area (Å²) in [5, 5.41) is 21.6. The van der Waals surface area contributed by atoms with Crippen molar-refractivity contribution in [2.75, 3.05) is 5.32 Å². The molecule has 0 saturated heterocycles. The lowest BCUT2D eigenvalue weighted by Gasteiger charge is -2.12. The zero-order valence-corrected chi connectivity index (χ0v) is 17.9. The number of halogens is 2. The number of nitrogens with one attached hydrogen (secondary N) is 1. The van der Waals surface area contributed by atoms with Gasteiger partial charge in [0.15, 0.2) is 11.0 Å². The Balaban J connectivity index is 1.79. The third-order valence-electron chi connectivity index (χ3n) is 3.61. The molecular weight excluding hydrogens is 427 g/mol. The summed E-state index contributed by atoms with van der Waals surface area (Å²) >= 11 is 14.9. The maximum absolute atomic E-state index is 12.4. The minimum absolute atomic E-state index is 0.173. The fourth-order valence-electron chi connectivity index (χ4n) is 2.30. The van der Waals surface area contributed by atoms with Crippen LogP contribution in [0.5, 0.6) is 0 Å². The summed E-state index contributed by atoms with van der Waals surface area (Å²) in [6, 6.07) is 5.23. The lowest BCUT2D eigenvalue weighted by Crippen LogP contribution is -2.22. The van der Waals surface area contributed by atoms with Gasteiger partial charge in [-0.1, -0.05) is 46.3 Å². The number of carbonyl (C=O) groups excluding carboxylic acids is 1. The number of nitrogens with zero attached hydrogens (tertiary/aromatic N) is 5. The minimum atomic E-state index is -0.391. The number of carbonyl (C=O) groups is 1. The highest BCUT2D eigenvalue weighted by Crippen LogP contribution is 2.32. The van der Waals surface area contributed by atoms with Crippen LogP contribution in [-0.4, -0.2) is 36.1 Å². The predicted molar refractivity (Wildman–Crippen MR) is 110 cm³/mol. The van der Waals surface area contributed by atoms with Crippen LogP contribution in [0.4, 0.5) is 5.13 Å². The topological polar surface area (TPSA) is 85.6 Å². The summed E-state index contributed by atoms with van der Waals surface area (Å²) in [5.41, 5.74) is 0.740. The Morgan fingerprint density at radius 3 is 2.70 bits per heavy atom. The van der Waals surface area contributed by atoms with Gasteiger partial charge in [-0.05, 0) is 39.0 Å². The summed E-state index contributed by atoms with van der Waals surface area (Å²) in [7, 11) is 0. The second-order valence-electron chi connectivity index (χ2n) is 5.55. The van der Waals surface area contributed by atoms with E-state index in [0.717, 1.165) is 10.6 Å². The highest BCUT2D eigenvalue weighted by molar-refractivity contribution is 8.00. The second-order valence-corrected chi connectivity index (χ2v) is 8.88. The van der Waals surface area contributed by atoms with E-state index in [9.17, 15) is 4.79 Å². The van der Waals surface area contributed by atoms with E-state index in [0.29, 0.717) is 32.7 Å². The van der Waals surface area contributed by atoms with E-state index in [1.54, 1.807) is 19.1 Å². The number of benzene rings is 1. The van der Waals surface area contributed by atoms with E-state index in [-0.39, 0.29) is 5.91 Å². The molecule has 0 saturated carbocycles. The first-order valence-corrected chi connectivity index (χ1v) is 10.5. The quantitative estimate of drug-likeness (QED) is 0.563. The molecule has 2 aromatic heterocycles. The lowest BCUT2D eigenvalue weighted by atomic mass is 10.2. The van der Waals surface area contributed by atoms with Gasteiger partial charge < -0.3 is 4.57 Å². The van der Waals surface area contributed by atoms with Gasteiger partial charge in [-0.25, -0.2) is 0 Å². The Bertz CT molecular complexity index is 974. The van der Waals surface area contributed by atoms with E-state index < -0.39 is 5.25 Å². The SMILES string of the molecule is CCn1c(S[C@H](C)C(=O)Nc2nnc(C)s2)nnc1-c1ccc(Cl)cc1Cl. The molecule has 142 valence electrons. The number of amides is 1. The van der Waals surface area contributed by atoms with Crippen molar-refractivity contribution in [1.82, 2.24) is 25.0 Å². The van der Waals surface area contributed by atoms with Crippen LogP contribution in [0.1, 0.15) is 18.9 Å². The van der Waals surface area contributed by atoms with Crippen LogP contribution in [0.3, 0.4) is 0 Å². The zero-order valence-electron chi connectivity index (χ0n) is 14.7. The van der Waals surface area contributed by atoms with Crippen molar-refractivity contribution in [3.8, 4) is 11.4 Å². The van der Waals surface area contributed by atoms with Crippen molar-refractivity contribution < 1.29 is 4.79 Å². The number of hydrogen-bond acceptors (Lipinski definition) is 7. The molecule has 3 aromatic rings. The van der Waals surface area contributed by atoms with Crippen LogP contribution >= 0.6 is 46.3 Å². The number of rotatable bonds is 6. The molecule has 11 heteroatoms. The van der Waals surface area contributed by atoms with Crippen LogP contribution in [0, 0.1) is 6.92 Å². The van der Waals surface area contributed by atoms with Crippen molar-refractivity contribution in [1.29, 1.82) is 0 Å². The smallest absolute Gasteiger partial charge is 0.239 e. The lowest BCUT2D eigenvalue weighted by molar-refractivity contribution is -0.115. The maximum Gasteiger partial charge on any atom is 0.239 e. The Morgan fingerprint density at radius 1 is 1.30 bits per heavy atom. The maximum atomic E-state index is 12.4. The van der Waals surface area contributed by atoms with Crippen molar-refractivity contribution in [3.05, 3.63) is 33.3 Å². The molecule has 7 nitrogen and oxygen atoms in total. The average Bonchev–Trinajstić information content (AvgIpc) is 3.20. The summed E-state index contributed by atoms with van der Waals surface area (Å²) in [4.78, 5) is 12.4. The molecule has 27 heavy (non-hydrogen) atoms. The monoisotopic (exact) mass is 442 g/mol. The fraction of sp³-hybridized carbons (Fsp3) is 0.312. The highest BCUT2D eigenvalue weighted by atomic mass is 35.5. The molecule has 3 rings (SSSR count). The van der Waals surface area contributed by atoms with Crippen molar-refractivity contribution in [2.24, 2.45) is 0 Å². The van der Waals surface area contributed by atoms with Gasteiger partial charge in [0.05, 0.1) is 10.3 Å². The van der Waals surface area contributed by atoms with Crippen molar-refractivity contribution >= 4 is 57.3 Å².